The zero-order valence-corrected chi connectivity index (χ0v) is 11.5. The molecule has 104 valence electrons. The molecule has 0 saturated carbocycles. The molecule has 0 spiro atoms. The van der Waals surface area contributed by atoms with Gasteiger partial charge in [-0.3, -0.25) is 10.1 Å². The molecule has 0 unspecified atom stereocenters. The molecule has 0 bridgehead atoms. The van der Waals surface area contributed by atoms with Crippen molar-refractivity contribution in [3.8, 4) is 5.75 Å². The van der Waals surface area contributed by atoms with Crippen molar-refractivity contribution in [1.82, 2.24) is 4.98 Å². The molecule has 0 aliphatic rings. The minimum absolute atomic E-state index is 0.128. The lowest BCUT2D eigenvalue weighted by atomic mass is 10.2. The van der Waals surface area contributed by atoms with Crippen LogP contribution in [0.5, 0.6) is 5.75 Å². The summed E-state index contributed by atoms with van der Waals surface area (Å²) in [7, 11) is 1.32. The van der Waals surface area contributed by atoms with Crippen LogP contribution in [0.15, 0.2) is 35.8 Å². The van der Waals surface area contributed by atoms with Crippen molar-refractivity contribution < 1.29 is 19.1 Å². The molecule has 0 aliphatic heterocycles. The molecule has 7 heteroatoms. The first-order valence-electron chi connectivity index (χ1n) is 5.69. The third-order valence-corrected chi connectivity index (χ3v) is 3.01. The highest BCUT2D eigenvalue weighted by atomic mass is 32.1. The zero-order valence-electron chi connectivity index (χ0n) is 10.7. The molecule has 1 amide bonds. The topological polar surface area (TPSA) is 77.5 Å². The van der Waals surface area contributed by atoms with Crippen LogP contribution in [0.3, 0.4) is 0 Å². The number of nitrogens with one attached hydrogen (secondary N) is 1. The summed E-state index contributed by atoms with van der Waals surface area (Å²) in [5.74, 6) is -0.220. The fourth-order valence-corrected chi connectivity index (χ4v) is 1.94. The summed E-state index contributed by atoms with van der Waals surface area (Å²) >= 11 is 1.33. The van der Waals surface area contributed by atoms with Gasteiger partial charge in [0.15, 0.2) is 11.7 Å². The van der Waals surface area contributed by atoms with Crippen molar-refractivity contribution in [1.29, 1.82) is 0 Å². The molecule has 1 aromatic heterocycles. The summed E-state index contributed by atoms with van der Waals surface area (Å²) in [6.07, 6.45) is 1.60. The maximum absolute atomic E-state index is 11.6. The van der Waals surface area contributed by atoms with Crippen molar-refractivity contribution >= 4 is 28.3 Å². The summed E-state index contributed by atoms with van der Waals surface area (Å²) in [6.45, 7) is -0.128. The number of thiazole rings is 1. The lowest BCUT2D eigenvalue weighted by molar-refractivity contribution is -0.118. The summed E-state index contributed by atoms with van der Waals surface area (Å²) in [5.41, 5.74) is 0.423. The zero-order chi connectivity index (χ0) is 14.4. The number of hydrogen-bond acceptors (Lipinski definition) is 6. The van der Waals surface area contributed by atoms with Crippen LogP contribution in [0.25, 0.3) is 0 Å². The molecule has 6 nitrogen and oxygen atoms in total. The third-order valence-electron chi connectivity index (χ3n) is 2.32. The van der Waals surface area contributed by atoms with Crippen LogP contribution in [0.4, 0.5) is 5.13 Å². The SMILES string of the molecule is COC(=O)c1ccc(OCC(=O)Nc2nccs2)cc1. The van der Waals surface area contributed by atoms with E-state index in [2.05, 4.69) is 15.0 Å². The molecular formula is C13H12N2O4S. The first-order valence-corrected chi connectivity index (χ1v) is 6.57. The van der Waals surface area contributed by atoms with E-state index in [4.69, 9.17) is 4.74 Å². The minimum Gasteiger partial charge on any atom is -0.484 e. The number of nitrogens with zero attached hydrogens (tertiary/aromatic N) is 1. The second-order valence-electron chi connectivity index (χ2n) is 3.69. The van der Waals surface area contributed by atoms with Crippen LogP contribution in [0, 0.1) is 0 Å². The second-order valence-corrected chi connectivity index (χ2v) is 4.58. The van der Waals surface area contributed by atoms with Gasteiger partial charge in [-0.2, -0.15) is 0 Å². The number of rotatable bonds is 5. The summed E-state index contributed by atoms with van der Waals surface area (Å²) in [4.78, 5) is 26.7. The van der Waals surface area contributed by atoms with Crippen LogP contribution in [-0.4, -0.2) is 30.6 Å². The second kappa shape index (κ2) is 6.67. The Hall–Kier alpha value is -2.41. The maximum atomic E-state index is 11.6. The molecule has 2 rings (SSSR count). The number of carbonyl (C=O) groups excluding carboxylic acids is 2. The third kappa shape index (κ3) is 3.79. The fourth-order valence-electron chi connectivity index (χ4n) is 1.39. The quantitative estimate of drug-likeness (QED) is 0.852. The molecule has 0 aliphatic carbocycles. The van der Waals surface area contributed by atoms with E-state index >= 15 is 0 Å². The van der Waals surface area contributed by atoms with Gasteiger partial charge in [-0.1, -0.05) is 0 Å². The van der Waals surface area contributed by atoms with E-state index in [0.717, 1.165) is 0 Å². The summed E-state index contributed by atoms with van der Waals surface area (Å²) < 4.78 is 9.88. The predicted octanol–water partition coefficient (Wildman–Crippen LogP) is 1.95. The highest BCUT2D eigenvalue weighted by Crippen LogP contribution is 2.13. The highest BCUT2D eigenvalue weighted by Gasteiger charge is 2.07. The van der Waals surface area contributed by atoms with Crippen molar-refractivity contribution in [3.05, 3.63) is 41.4 Å². The molecule has 0 saturated heterocycles. The van der Waals surface area contributed by atoms with Gasteiger partial charge in [-0.15, -0.1) is 11.3 Å². The smallest absolute Gasteiger partial charge is 0.337 e. The average Bonchev–Trinajstić information content (AvgIpc) is 2.97. The molecule has 2 aromatic rings. The van der Waals surface area contributed by atoms with Gasteiger partial charge in [-0.25, -0.2) is 9.78 Å². The first kappa shape index (κ1) is 14.0. The largest absolute Gasteiger partial charge is 0.484 e. The van der Waals surface area contributed by atoms with Crippen molar-refractivity contribution in [3.63, 3.8) is 0 Å². The maximum Gasteiger partial charge on any atom is 0.337 e. The van der Waals surface area contributed by atoms with E-state index in [1.807, 2.05) is 0 Å². The van der Waals surface area contributed by atoms with E-state index < -0.39 is 5.97 Å². The van der Waals surface area contributed by atoms with Crippen molar-refractivity contribution in [2.45, 2.75) is 0 Å². The average molecular weight is 292 g/mol. The molecule has 0 fully saturated rings. The summed E-state index contributed by atoms with van der Waals surface area (Å²) in [6, 6.07) is 6.34. The number of ether oxygens (including phenoxy) is 2. The Labute approximate surface area is 119 Å². The summed E-state index contributed by atoms with van der Waals surface area (Å²) in [5, 5.41) is 4.89. The van der Waals surface area contributed by atoms with E-state index in [-0.39, 0.29) is 12.5 Å². The van der Waals surface area contributed by atoms with Gasteiger partial charge in [-0.05, 0) is 24.3 Å². The van der Waals surface area contributed by atoms with Crippen molar-refractivity contribution in [2.24, 2.45) is 0 Å². The van der Waals surface area contributed by atoms with Crippen LogP contribution in [0.1, 0.15) is 10.4 Å². The number of amides is 1. The molecule has 0 atom stereocenters. The Balaban J connectivity index is 1.84. The first-order chi connectivity index (χ1) is 9.69. The van der Waals surface area contributed by atoms with Crippen LogP contribution < -0.4 is 10.1 Å². The number of hydrogen-bond donors (Lipinski definition) is 1. The normalized spacial score (nSPS) is 9.85. The van der Waals surface area contributed by atoms with Crippen LogP contribution in [-0.2, 0) is 9.53 Å². The molecular weight excluding hydrogens is 280 g/mol. The van der Waals surface area contributed by atoms with Gasteiger partial charge >= 0.3 is 5.97 Å². The molecule has 1 heterocycles. The number of anilines is 1. The van der Waals surface area contributed by atoms with Gasteiger partial charge in [0.25, 0.3) is 5.91 Å². The number of carbonyl (C=O) groups is 2. The van der Waals surface area contributed by atoms with E-state index in [0.29, 0.717) is 16.4 Å². The minimum atomic E-state index is -0.418. The Bertz CT molecular complexity index is 581. The van der Waals surface area contributed by atoms with Gasteiger partial charge < -0.3 is 9.47 Å². The Kier molecular flexibility index (Phi) is 4.67. The lowest BCUT2D eigenvalue weighted by Gasteiger charge is -2.06. The van der Waals surface area contributed by atoms with E-state index in [9.17, 15) is 9.59 Å². The van der Waals surface area contributed by atoms with Gasteiger partial charge in [0.05, 0.1) is 12.7 Å². The molecule has 1 N–H and O–H groups in total. The van der Waals surface area contributed by atoms with Gasteiger partial charge in [0.2, 0.25) is 0 Å². The monoisotopic (exact) mass is 292 g/mol. The molecule has 20 heavy (non-hydrogen) atoms. The molecule has 0 radical (unpaired) electrons. The Morgan fingerprint density at radius 2 is 2.05 bits per heavy atom. The highest BCUT2D eigenvalue weighted by molar-refractivity contribution is 7.13. The Morgan fingerprint density at radius 3 is 2.65 bits per heavy atom. The number of esters is 1. The van der Waals surface area contributed by atoms with Crippen LogP contribution >= 0.6 is 11.3 Å². The van der Waals surface area contributed by atoms with Gasteiger partial charge in [0, 0.05) is 11.6 Å². The lowest BCUT2D eigenvalue weighted by Crippen LogP contribution is -2.20. The van der Waals surface area contributed by atoms with Crippen LogP contribution in [0.2, 0.25) is 0 Å². The predicted molar refractivity (Wildman–Crippen MR) is 74.0 cm³/mol. The molecule has 1 aromatic carbocycles. The Morgan fingerprint density at radius 1 is 1.30 bits per heavy atom. The van der Waals surface area contributed by atoms with Crippen molar-refractivity contribution in [2.75, 3.05) is 19.0 Å². The number of methoxy groups -OCH3 is 1. The van der Waals surface area contributed by atoms with E-state index in [1.54, 1.807) is 35.8 Å². The van der Waals surface area contributed by atoms with Gasteiger partial charge in [0.1, 0.15) is 5.75 Å². The number of aromatic nitrogens is 1. The fraction of sp³-hybridized carbons (Fsp3) is 0.154. The standard InChI is InChI=1S/C13H12N2O4S/c1-18-12(17)9-2-4-10(5-3-9)19-8-11(16)15-13-14-6-7-20-13/h2-7H,8H2,1H3,(H,14,15,16). The van der Waals surface area contributed by atoms with E-state index in [1.165, 1.54) is 18.4 Å². The number of benzene rings is 1.